The summed E-state index contributed by atoms with van der Waals surface area (Å²) in [4.78, 5) is 22.2. The topological polar surface area (TPSA) is 98.3 Å². The summed E-state index contributed by atoms with van der Waals surface area (Å²) < 4.78 is 0. The highest BCUT2D eigenvalue weighted by Gasteiger charge is 2.27. The summed E-state index contributed by atoms with van der Waals surface area (Å²) in [5.74, 6) is -0.305. The number of rotatable bonds is 3. The molecule has 0 aliphatic carbocycles. The first-order valence-electron chi connectivity index (χ1n) is 5.94. The number of nitrogens with two attached hydrogens (primary N) is 1. The van der Waals surface area contributed by atoms with E-state index in [0.29, 0.717) is 11.3 Å². The van der Waals surface area contributed by atoms with Gasteiger partial charge in [-0.05, 0) is 24.5 Å². The van der Waals surface area contributed by atoms with Crippen LogP contribution in [-0.4, -0.2) is 16.9 Å². The average Bonchev–Trinajstić information content (AvgIpc) is 2.26. The number of carbonyl (C=O) groups is 1. The van der Waals surface area contributed by atoms with E-state index in [1.807, 2.05) is 20.8 Å². The Morgan fingerprint density at radius 1 is 1.42 bits per heavy atom. The van der Waals surface area contributed by atoms with Crippen LogP contribution in [0.4, 0.5) is 11.4 Å². The first-order valence-corrected chi connectivity index (χ1v) is 5.94. The van der Waals surface area contributed by atoms with Gasteiger partial charge in [0.1, 0.15) is 0 Å². The molecule has 1 rings (SSSR count). The van der Waals surface area contributed by atoms with Crippen molar-refractivity contribution in [1.29, 1.82) is 0 Å². The second-order valence-electron chi connectivity index (χ2n) is 5.59. The van der Waals surface area contributed by atoms with Gasteiger partial charge in [-0.25, -0.2) is 0 Å². The monoisotopic (exact) mass is 265 g/mol. The quantitative estimate of drug-likeness (QED) is 0.646. The second kappa shape index (κ2) is 5.36. The number of nitrogens with one attached hydrogen (secondary N) is 1. The van der Waals surface area contributed by atoms with E-state index in [2.05, 4.69) is 5.32 Å². The Morgan fingerprint density at radius 3 is 2.42 bits per heavy atom. The maximum absolute atomic E-state index is 11.9. The summed E-state index contributed by atoms with van der Waals surface area (Å²) in [5, 5.41) is 13.4. The van der Waals surface area contributed by atoms with E-state index in [0.717, 1.165) is 0 Å². The molecular formula is C13H19N3O3. The van der Waals surface area contributed by atoms with Gasteiger partial charge in [0.05, 0.1) is 11.0 Å². The van der Waals surface area contributed by atoms with Crippen LogP contribution in [0.25, 0.3) is 0 Å². The van der Waals surface area contributed by atoms with Gasteiger partial charge in [0.25, 0.3) is 5.69 Å². The van der Waals surface area contributed by atoms with E-state index in [4.69, 9.17) is 5.73 Å². The lowest BCUT2D eigenvalue weighted by Crippen LogP contribution is -2.45. The Morgan fingerprint density at radius 2 is 2.00 bits per heavy atom. The first-order chi connectivity index (χ1) is 8.62. The highest BCUT2D eigenvalue weighted by molar-refractivity contribution is 5.95. The third-order valence-electron chi connectivity index (χ3n) is 2.88. The minimum Gasteiger partial charge on any atom is -0.325 e. The summed E-state index contributed by atoms with van der Waals surface area (Å²) >= 11 is 0. The third kappa shape index (κ3) is 3.75. The fourth-order valence-corrected chi connectivity index (χ4v) is 1.55. The fraction of sp³-hybridized carbons (Fsp3) is 0.462. The number of anilines is 1. The van der Waals surface area contributed by atoms with Crippen LogP contribution in [0.5, 0.6) is 0 Å². The molecule has 3 N–H and O–H groups in total. The molecule has 6 heteroatoms. The van der Waals surface area contributed by atoms with Gasteiger partial charge in [0.2, 0.25) is 5.91 Å². The van der Waals surface area contributed by atoms with Crippen LogP contribution in [-0.2, 0) is 4.79 Å². The predicted octanol–water partition coefficient (Wildman–Crippen LogP) is 2.22. The van der Waals surface area contributed by atoms with Crippen molar-refractivity contribution in [3.05, 3.63) is 33.9 Å². The minimum absolute atomic E-state index is 0.0260. The summed E-state index contributed by atoms with van der Waals surface area (Å²) in [7, 11) is 0. The Hall–Kier alpha value is -1.95. The van der Waals surface area contributed by atoms with Gasteiger partial charge in [-0.2, -0.15) is 0 Å². The maximum atomic E-state index is 11.9. The molecule has 0 saturated carbocycles. The summed E-state index contributed by atoms with van der Waals surface area (Å²) in [5.41, 5.74) is 6.52. The molecule has 1 aromatic rings. The van der Waals surface area contributed by atoms with Crippen LogP contribution in [0.2, 0.25) is 0 Å². The van der Waals surface area contributed by atoms with Crippen LogP contribution in [0, 0.1) is 22.5 Å². The smallest absolute Gasteiger partial charge is 0.272 e. The zero-order chi connectivity index (χ0) is 14.8. The lowest BCUT2D eigenvalue weighted by Gasteiger charge is -2.25. The lowest BCUT2D eigenvalue weighted by atomic mass is 9.87. The summed E-state index contributed by atoms with van der Waals surface area (Å²) in [6.07, 6.45) is 0. The molecule has 0 radical (unpaired) electrons. The highest BCUT2D eigenvalue weighted by Crippen LogP contribution is 2.23. The molecule has 1 atom stereocenters. The number of aryl methyl sites for hydroxylation is 1. The molecule has 0 bridgehead atoms. The van der Waals surface area contributed by atoms with Crippen LogP contribution in [0.15, 0.2) is 18.2 Å². The van der Waals surface area contributed by atoms with Crippen molar-refractivity contribution >= 4 is 17.3 Å². The predicted molar refractivity (Wildman–Crippen MR) is 73.9 cm³/mol. The normalized spacial score (nSPS) is 12.9. The molecule has 1 amide bonds. The number of hydrogen-bond donors (Lipinski definition) is 2. The molecule has 1 aromatic carbocycles. The number of nitro benzene ring substituents is 1. The van der Waals surface area contributed by atoms with Gasteiger partial charge in [-0.1, -0.05) is 20.8 Å². The minimum atomic E-state index is -0.650. The molecular weight excluding hydrogens is 246 g/mol. The van der Waals surface area contributed by atoms with Crippen molar-refractivity contribution in [2.75, 3.05) is 5.32 Å². The van der Waals surface area contributed by atoms with E-state index in [9.17, 15) is 14.9 Å². The first kappa shape index (κ1) is 15.1. The van der Waals surface area contributed by atoms with Gasteiger partial charge < -0.3 is 11.1 Å². The van der Waals surface area contributed by atoms with Crippen LogP contribution >= 0.6 is 0 Å². The molecule has 0 aliphatic rings. The second-order valence-corrected chi connectivity index (χ2v) is 5.59. The van der Waals surface area contributed by atoms with Gasteiger partial charge in [-0.15, -0.1) is 0 Å². The molecule has 1 unspecified atom stereocenters. The van der Waals surface area contributed by atoms with Crippen molar-refractivity contribution in [3.8, 4) is 0 Å². The fourth-order valence-electron chi connectivity index (χ4n) is 1.55. The number of benzene rings is 1. The average molecular weight is 265 g/mol. The molecule has 0 fully saturated rings. The van der Waals surface area contributed by atoms with Gasteiger partial charge >= 0.3 is 0 Å². The van der Waals surface area contributed by atoms with Crippen molar-refractivity contribution in [2.45, 2.75) is 33.7 Å². The Labute approximate surface area is 112 Å². The standard InChI is InChI=1S/C13H19N3O3/c1-8-7-9(5-6-10(8)16(18)19)15-12(17)11(14)13(2,3)4/h5-7,11H,14H2,1-4H3,(H,15,17). The molecule has 6 nitrogen and oxygen atoms in total. The zero-order valence-corrected chi connectivity index (χ0v) is 11.6. The largest absolute Gasteiger partial charge is 0.325 e. The van der Waals surface area contributed by atoms with E-state index < -0.39 is 11.0 Å². The van der Waals surface area contributed by atoms with Crippen molar-refractivity contribution < 1.29 is 9.72 Å². The summed E-state index contributed by atoms with van der Waals surface area (Å²) in [6.45, 7) is 7.24. The van der Waals surface area contributed by atoms with Crippen LogP contribution < -0.4 is 11.1 Å². The van der Waals surface area contributed by atoms with Gasteiger partial charge in [-0.3, -0.25) is 14.9 Å². The lowest BCUT2D eigenvalue weighted by molar-refractivity contribution is -0.385. The van der Waals surface area contributed by atoms with Crippen molar-refractivity contribution in [2.24, 2.45) is 11.1 Å². The van der Waals surface area contributed by atoms with Crippen molar-refractivity contribution in [3.63, 3.8) is 0 Å². The van der Waals surface area contributed by atoms with E-state index >= 15 is 0 Å². The number of nitro groups is 1. The number of amides is 1. The Balaban J connectivity index is 2.87. The van der Waals surface area contributed by atoms with Crippen LogP contribution in [0.3, 0.4) is 0 Å². The molecule has 0 heterocycles. The molecule has 0 aromatic heterocycles. The van der Waals surface area contributed by atoms with E-state index in [1.54, 1.807) is 13.0 Å². The SMILES string of the molecule is Cc1cc(NC(=O)C(N)C(C)(C)C)ccc1[N+](=O)[O-]. The number of carbonyl (C=O) groups excluding carboxylic acids is 1. The van der Waals surface area contributed by atoms with E-state index in [-0.39, 0.29) is 17.0 Å². The number of nitrogens with zero attached hydrogens (tertiary/aromatic N) is 1. The van der Waals surface area contributed by atoms with Gasteiger partial charge in [0.15, 0.2) is 0 Å². The molecule has 0 saturated heterocycles. The molecule has 104 valence electrons. The van der Waals surface area contributed by atoms with E-state index in [1.165, 1.54) is 12.1 Å². The third-order valence-corrected chi connectivity index (χ3v) is 2.88. The molecule has 19 heavy (non-hydrogen) atoms. The summed E-state index contributed by atoms with van der Waals surface area (Å²) in [6, 6.07) is 3.78. The van der Waals surface area contributed by atoms with Crippen molar-refractivity contribution in [1.82, 2.24) is 0 Å². The maximum Gasteiger partial charge on any atom is 0.272 e. The van der Waals surface area contributed by atoms with Gasteiger partial charge in [0, 0.05) is 17.3 Å². The molecule has 0 aliphatic heterocycles. The molecule has 0 spiro atoms. The zero-order valence-electron chi connectivity index (χ0n) is 11.6. The Bertz CT molecular complexity index is 506. The highest BCUT2D eigenvalue weighted by atomic mass is 16.6. The number of hydrogen-bond acceptors (Lipinski definition) is 4. The Kier molecular flexibility index (Phi) is 4.26. The van der Waals surface area contributed by atoms with Crippen LogP contribution in [0.1, 0.15) is 26.3 Å².